The van der Waals surface area contributed by atoms with Crippen LogP contribution in [0.4, 0.5) is 0 Å². The maximum absolute atomic E-state index is 12.1. The van der Waals surface area contributed by atoms with E-state index in [4.69, 9.17) is 11.6 Å². The average Bonchev–Trinajstić information content (AvgIpc) is 3.27. The van der Waals surface area contributed by atoms with E-state index in [0.717, 1.165) is 19.3 Å². The number of nitrogens with one attached hydrogen (secondary N) is 1. The van der Waals surface area contributed by atoms with Crippen molar-refractivity contribution in [1.29, 1.82) is 0 Å². The van der Waals surface area contributed by atoms with Gasteiger partial charge in [0.25, 0.3) is 0 Å². The highest BCUT2D eigenvalue weighted by molar-refractivity contribution is 6.21. The molecule has 1 aliphatic carbocycles. The minimum Gasteiger partial charge on any atom is -0.354 e. The summed E-state index contributed by atoms with van der Waals surface area (Å²) >= 11 is 6.35. The molecule has 110 valence electrons. The van der Waals surface area contributed by atoms with Crippen LogP contribution in [0.25, 0.3) is 0 Å². The Labute approximate surface area is 126 Å². The van der Waals surface area contributed by atoms with Gasteiger partial charge in [-0.1, -0.05) is 57.0 Å². The minimum atomic E-state index is 0.0443. The Kier molecular flexibility index (Phi) is 5.47. The van der Waals surface area contributed by atoms with Gasteiger partial charge in [-0.15, -0.1) is 11.6 Å². The molecule has 3 heteroatoms. The molecule has 1 aliphatic rings. The quantitative estimate of drug-likeness (QED) is 0.758. The van der Waals surface area contributed by atoms with Crippen LogP contribution in [0.15, 0.2) is 30.3 Å². The summed E-state index contributed by atoms with van der Waals surface area (Å²) in [5.41, 5.74) is 1.27. The molecule has 1 N–H and O–H groups in total. The Balaban J connectivity index is 1.77. The summed E-state index contributed by atoms with van der Waals surface area (Å²) in [7, 11) is 0. The van der Waals surface area contributed by atoms with Crippen molar-refractivity contribution in [3.8, 4) is 0 Å². The zero-order valence-corrected chi connectivity index (χ0v) is 13.1. The number of halogens is 1. The predicted molar refractivity (Wildman–Crippen MR) is 84.0 cm³/mol. The Morgan fingerprint density at radius 3 is 2.55 bits per heavy atom. The molecule has 1 amide bonds. The highest BCUT2D eigenvalue weighted by Gasteiger charge is 2.43. The first kappa shape index (κ1) is 15.4. The molecule has 1 fully saturated rings. The number of alkyl halides is 1. The van der Waals surface area contributed by atoms with Crippen molar-refractivity contribution in [3.63, 3.8) is 0 Å². The van der Waals surface area contributed by atoms with Gasteiger partial charge in [0.15, 0.2) is 0 Å². The van der Waals surface area contributed by atoms with Crippen molar-refractivity contribution >= 4 is 17.5 Å². The number of rotatable bonds is 7. The molecule has 0 aliphatic heterocycles. The number of amides is 1. The lowest BCUT2D eigenvalue weighted by molar-refractivity contribution is -0.122. The SMILES string of the molecule is CCC(CC)C(Cl)CNC(=O)C1CC1c1ccccc1. The summed E-state index contributed by atoms with van der Waals surface area (Å²) in [6, 6.07) is 10.3. The minimum absolute atomic E-state index is 0.0443. The highest BCUT2D eigenvalue weighted by atomic mass is 35.5. The fourth-order valence-electron chi connectivity index (χ4n) is 2.85. The second-order valence-electron chi connectivity index (χ2n) is 5.70. The number of benzene rings is 1. The van der Waals surface area contributed by atoms with Gasteiger partial charge in [0, 0.05) is 12.5 Å². The normalized spacial score (nSPS) is 22.6. The van der Waals surface area contributed by atoms with Gasteiger partial charge >= 0.3 is 0 Å². The van der Waals surface area contributed by atoms with Crippen LogP contribution in [0.1, 0.15) is 44.6 Å². The van der Waals surface area contributed by atoms with Crippen LogP contribution in [0.5, 0.6) is 0 Å². The second kappa shape index (κ2) is 7.12. The second-order valence-corrected chi connectivity index (χ2v) is 6.26. The molecule has 3 atom stereocenters. The van der Waals surface area contributed by atoms with E-state index in [9.17, 15) is 4.79 Å². The van der Waals surface area contributed by atoms with Crippen molar-refractivity contribution in [3.05, 3.63) is 35.9 Å². The van der Waals surface area contributed by atoms with Crippen molar-refractivity contribution in [2.24, 2.45) is 11.8 Å². The van der Waals surface area contributed by atoms with E-state index in [1.807, 2.05) is 18.2 Å². The van der Waals surface area contributed by atoms with E-state index in [1.54, 1.807) is 0 Å². The lowest BCUT2D eigenvalue weighted by Crippen LogP contribution is -2.34. The molecule has 2 nitrogen and oxygen atoms in total. The summed E-state index contributed by atoms with van der Waals surface area (Å²) in [5, 5.41) is 3.07. The molecule has 1 saturated carbocycles. The lowest BCUT2D eigenvalue weighted by Gasteiger charge is -2.19. The van der Waals surface area contributed by atoms with E-state index < -0.39 is 0 Å². The van der Waals surface area contributed by atoms with E-state index in [2.05, 4.69) is 31.3 Å². The molecule has 0 saturated heterocycles. The molecular formula is C17H24ClNO. The third-order valence-electron chi connectivity index (χ3n) is 4.39. The number of carbonyl (C=O) groups is 1. The van der Waals surface area contributed by atoms with Crippen LogP contribution in [-0.4, -0.2) is 17.8 Å². The summed E-state index contributed by atoms with van der Waals surface area (Å²) in [4.78, 5) is 12.1. The molecule has 0 heterocycles. The van der Waals surface area contributed by atoms with Gasteiger partial charge in [-0.2, -0.15) is 0 Å². The van der Waals surface area contributed by atoms with Crippen LogP contribution in [0.3, 0.4) is 0 Å². The third kappa shape index (κ3) is 3.76. The number of hydrogen-bond acceptors (Lipinski definition) is 1. The standard InChI is InChI=1S/C17H24ClNO/c1-3-12(4-2)16(18)11-19-17(20)15-10-14(15)13-8-6-5-7-9-13/h5-9,12,14-16H,3-4,10-11H2,1-2H3,(H,19,20). The Morgan fingerprint density at radius 1 is 1.30 bits per heavy atom. The molecule has 0 bridgehead atoms. The fraction of sp³-hybridized carbons (Fsp3) is 0.588. The van der Waals surface area contributed by atoms with E-state index in [1.165, 1.54) is 5.56 Å². The van der Waals surface area contributed by atoms with Gasteiger partial charge in [-0.05, 0) is 23.8 Å². The summed E-state index contributed by atoms with van der Waals surface area (Å²) < 4.78 is 0. The first-order valence-corrected chi connectivity index (χ1v) is 8.07. The molecule has 0 aromatic heterocycles. The molecule has 2 rings (SSSR count). The van der Waals surface area contributed by atoms with Gasteiger partial charge in [0.1, 0.15) is 0 Å². The topological polar surface area (TPSA) is 29.1 Å². The lowest BCUT2D eigenvalue weighted by atomic mass is 9.99. The fourth-order valence-corrected chi connectivity index (χ4v) is 3.28. The van der Waals surface area contributed by atoms with E-state index in [-0.39, 0.29) is 17.2 Å². The van der Waals surface area contributed by atoms with Crippen molar-refractivity contribution in [1.82, 2.24) is 5.32 Å². The Morgan fingerprint density at radius 2 is 1.95 bits per heavy atom. The maximum atomic E-state index is 12.1. The van der Waals surface area contributed by atoms with E-state index >= 15 is 0 Å². The van der Waals surface area contributed by atoms with Crippen LogP contribution in [0, 0.1) is 11.8 Å². The zero-order chi connectivity index (χ0) is 14.5. The maximum Gasteiger partial charge on any atom is 0.223 e. The average molecular weight is 294 g/mol. The number of carbonyl (C=O) groups excluding carboxylic acids is 1. The highest BCUT2D eigenvalue weighted by Crippen LogP contribution is 2.47. The molecule has 3 unspecified atom stereocenters. The zero-order valence-electron chi connectivity index (χ0n) is 12.3. The summed E-state index contributed by atoms with van der Waals surface area (Å²) in [5.74, 6) is 1.19. The third-order valence-corrected chi connectivity index (χ3v) is 4.90. The number of hydrogen-bond donors (Lipinski definition) is 1. The smallest absolute Gasteiger partial charge is 0.223 e. The van der Waals surface area contributed by atoms with Crippen molar-refractivity contribution in [2.75, 3.05) is 6.54 Å². The van der Waals surface area contributed by atoms with Crippen LogP contribution < -0.4 is 5.32 Å². The van der Waals surface area contributed by atoms with Gasteiger partial charge in [0.2, 0.25) is 5.91 Å². The van der Waals surface area contributed by atoms with Crippen LogP contribution >= 0.6 is 11.6 Å². The van der Waals surface area contributed by atoms with Gasteiger partial charge in [-0.3, -0.25) is 4.79 Å². The monoisotopic (exact) mass is 293 g/mol. The van der Waals surface area contributed by atoms with Crippen molar-refractivity contribution in [2.45, 2.75) is 44.4 Å². The first-order valence-electron chi connectivity index (χ1n) is 7.64. The van der Waals surface area contributed by atoms with Crippen molar-refractivity contribution < 1.29 is 4.79 Å². The van der Waals surface area contributed by atoms with Crippen LogP contribution in [0.2, 0.25) is 0 Å². The molecular weight excluding hydrogens is 270 g/mol. The molecule has 1 aromatic carbocycles. The molecule has 0 spiro atoms. The van der Waals surface area contributed by atoms with Gasteiger partial charge in [0.05, 0.1) is 5.38 Å². The summed E-state index contributed by atoms with van der Waals surface area (Å²) in [6.45, 7) is 4.89. The first-order chi connectivity index (χ1) is 9.67. The molecule has 1 aromatic rings. The Hall–Kier alpha value is -1.02. The Bertz CT molecular complexity index is 430. The molecule has 0 radical (unpaired) electrons. The van der Waals surface area contributed by atoms with E-state index in [0.29, 0.717) is 18.4 Å². The summed E-state index contributed by atoms with van der Waals surface area (Å²) in [6.07, 6.45) is 3.10. The largest absolute Gasteiger partial charge is 0.354 e. The van der Waals surface area contributed by atoms with Crippen LogP contribution in [-0.2, 0) is 4.79 Å². The molecule has 20 heavy (non-hydrogen) atoms. The van der Waals surface area contributed by atoms with Gasteiger partial charge in [-0.25, -0.2) is 0 Å². The van der Waals surface area contributed by atoms with Gasteiger partial charge < -0.3 is 5.32 Å². The predicted octanol–water partition coefficient (Wildman–Crippen LogP) is 3.95.